The Balaban J connectivity index is 1.30. The van der Waals surface area contributed by atoms with Gasteiger partial charge >= 0.3 is 6.03 Å². The standard InChI is InChI=1S/C17H18N2O4/c20-14-8-18-16(21)19(14)10-6-11(7-10)23-13-3-1-2-12-15(13)17(4-5-17)9-22-12/h1-3,10-11H,4-9H2,(H,18,21). The average Bonchev–Trinajstić information content (AvgIpc) is 3.08. The third-order valence-corrected chi connectivity index (χ3v) is 5.48. The Kier molecular flexibility index (Phi) is 2.53. The number of fused-ring (bicyclic) bond motifs is 2. The molecule has 0 unspecified atom stereocenters. The first-order chi connectivity index (χ1) is 11.2. The van der Waals surface area contributed by atoms with Crippen LogP contribution in [-0.2, 0) is 10.2 Å². The van der Waals surface area contributed by atoms with Crippen LogP contribution in [0, 0.1) is 0 Å². The molecular weight excluding hydrogens is 296 g/mol. The molecule has 1 aromatic carbocycles. The van der Waals surface area contributed by atoms with Crippen molar-refractivity contribution in [2.75, 3.05) is 13.2 Å². The maximum Gasteiger partial charge on any atom is 0.324 e. The van der Waals surface area contributed by atoms with E-state index in [2.05, 4.69) is 5.32 Å². The van der Waals surface area contributed by atoms with Crippen LogP contribution in [0.4, 0.5) is 4.79 Å². The number of carbonyl (C=O) groups excluding carboxylic acids is 2. The smallest absolute Gasteiger partial charge is 0.324 e. The van der Waals surface area contributed by atoms with Gasteiger partial charge in [0.25, 0.3) is 0 Å². The van der Waals surface area contributed by atoms with Crippen molar-refractivity contribution in [3.05, 3.63) is 23.8 Å². The molecular formula is C17H18N2O4. The molecule has 1 N–H and O–H groups in total. The van der Waals surface area contributed by atoms with Gasteiger partial charge in [0, 0.05) is 29.9 Å². The van der Waals surface area contributed by atoms with Crippen LogP contribution in [-0.4, -0.2) is 42.1 Å². The molecule has 0 aromatic heterocycles. The molecule has 3 amide bonds. The van der Waals surface area contributed by atoms with Gasteiger partial charge in [0.15, 0.2) is 0 Å². The van der Waals surface area contributed by atoms with E-state index < -0.39 is 0 Å². The molecule has 2 aliphatic carbocycles. The summed E-state index contributed by atoms with van der Waals surface area (Å²) in [5, 5.41) is 2.57. The predicted octanol–water partition coefficient (Wildman–Crippen LogP) is 1.57. The zero-order chi connectivity index (χ0) is 15.6. The van der Waals surface area contributed by atoms with E-state index >= 15 is 0 Å². The van der Waals surface area contributed by atoms with Crippen LogP contribution < -0.4 is 14.8 Å². The molecule has 0 radical (unpaired) electrons. The fourth-order valence-electron chi connectivity index (χ4n) is 3.91. The van der Waals surface area contributed by atoms with Gasteiger partial charge in [-0.05, 0) is 25.0 Å². The number of urea groups is 1. The predicted molar refractivity (Wildman–Crippen MR) is 80.5 cm³/mol. The molecule has 5 rings (SSSR count). The van der Waals surface area contributed by atoms with Crippen LogP contribution in [0.5, 0.6) is 11.5 Å². The Morgan fingerprint density at radius 2 is 2.09 bits per heavy atom. The number of carbonyl (C=O) groups is 2. The van der Waals surface area contributed by atoms with Gasteiger partial charge in [-0.15, -0.1) is 0 Å². The highest BCUT2D eigenvalue weighted by molar-refractivity contribution is 6.02. The van der Waals surface area contributed by atoms with Crippen LogP contribution in [0.2, 0.25) is 0 Å². The van der Waals surface area contributed by atoms with Crippen LogP contribution in [0.1, 0.15) is 31.2 Å². The van der Waals surface area contributed by atoms with Gasteiger partial charge in [-0.2, -0.15) is 0 Å². The molecule has 0 atom stereocenters. The zero-order valence-corrected chi connectivity index (χ0v) is 12.7. The number of hydrogen-bond donors (Lipinski definition) is 1. The molecule has 3 fully saturated rings. The Labute approximate surface area is 133 Å². The Hall–Kier alpha value is -2.24. The minimum atomic E-state index is -0.274. The van der Waals surface area contributed by atoms with Gasteiger partial charge in [0.2, 0.25) is 5.91 Å². The Bertz CT molecular complexity index is 691. The zero-order valence-electron chi connectivity index (χ0n) is 12.7. The summed E-state index contributed by atoms with van der Waals surface area (Å²) in [5.74, 6) is 1.73. The first-order valence-corrected chi connectivity index (χ1v) is 8.19. The van der Waals surface area contributed by atoms with Crippen molar-refractivity contribution in [2.24, 2.45) is 0 Å². The van der Waals surface area contributed by atoms with Crippen LogP contribution in [0.3, 0.4) is 0 Å². The van der Waals surface area contributed by atoms with Crippen LogP contribution in [0.15, 0.2) is 18.2 Å². The van der Waals surface area contributed by atoms with Gasteiger partial charge < -0.3 is 14.8 Å². The van der Waals surface area contributed by atoms with Crippen LogP contribution in [0.25, 0.3) is 0 Å². The second-order valence-corrected chi connectivity index (χ2v) is 6.99. The number of rotatable bonds is 3. The van der Waals surface area contributed by atoms with Crippen molar-refractivity contribution in [1.82, 2.24) is 10.2 Å². The van der Waals surface area contributed by atoms with Crippen LogP contribution >= 0.6 is 0 Å². The maximum absolute atomic E-state index is 11.7. The summed E-state index contributed by atoms with van der Waals surface area (Å²) in [6.45, 7) is 0.880. The number of amides is 3. The molecule has 1 aromatic rings. The van der Waals surface area contributed by atoms with E-state index in [0.29, 0.717) is 12.8 Å². The highest BCUT2D eigenvalue weighted by Gasteiger charge is 2.53. The minimum absolute atomic E-state index is 0.0297. The molecule has 2 heterocycles. The average molecular weight is 314 g/mol. The van der Waals surface area contributed by atoms with Gasteiger partial charge in [0.1, 0.15) is 17.6 Å². The first kappa shape index (κ1) is 13.2. The lowest BCUT2D eigenvalue weighted by Gasteiger charge is -2.39. The summed E-state index contributed by atoms with van der Waals surface area (Å²) >= 11 is 0. The van der Waals surface area contributed by atoms with E-state index in [9.17, 15) is 9.59 Å². The molecule has 120 valence electrons. The molecule has 2 aliphatic heterocycles. The highest BCUT2D eigenvalue weighted by Crippen LogP contribution is 2.58. The quantitative estimate of drug-likeness (QED) is 0.860. The normalized spacial score (nSPS) is 29.8. The lowest BCUT2D eigenvalue weighted by Crippen LogP contribution is -2.51. The molecule has 0 bridgehead atoms. The lowest BCUT2D eigenvalue weighted by molar-refractivity contribution is -0.129. The number of benzene rings is 1. The molecule has 23 heavy (non-hydrogen) atoms. The van der Waals surface area contributed by atoms with E-state index in [-0.39, 0.29) is 36.0 Å². The molecule has 4 aliphatic rings. The highest BCUT2D eigenvalue weighted by atomic mass is 16.5. The van der Waals surface area contributed by atoms with E-state index in [1.165, 1.54) is 10.5 Å². The lowest BCUT2D eigenvalue weighted by atomic mass is 9.87. The largest absolute Gasteiger partial charge is 0.492 e. The molecule has 6 heteroatoms. The first-order valence-electron chi connectivity index (χ1n) is 8.19. The number of imide groups is 1. The topological polar surface area (TPSA) is 67.9 Å². The van der Waals surface area contributed by atoms with Gasteiger partial charge in [-0.25, -0.2) is 4.79 Å². The Morgan fingerprint density at radius 1 is 1.26 bits per heavy atom. The van der Waals surface area contributed by atoms with Crippen molar-refractivity contribution in [1.29, 1.82) is 0 Å². The van der Waals surface area contributed by atoms with Gasteiger partial charge in [0.05, 0.1) is 13.2 Å². The van der Waals surface area contributed by atoms with Gasteiger partial charge in [-0.1, -0.05) is 6.07 Å². The summed E-state index contributed by atoms with van der Waals surface area (Å²) in [4.78, 5) is 24.7. The third-order valence-electron chi connectivity index (χ3n) is 5.48. The summed E-state index contributed by atoms with van der Waals surface area (Å²) < 4.78 is 12.0. The van der Waals surface area contributed by atoms with E-state index in [1.807, 2.05) is 18.2 Å². The number of ether oxygens (including phenoxy) is 2. The second-order valence-electron chi connectivity index (χ2n) is 6.99. The molecule has 1 saturated heterocycles. The fraction of sp³-hybridized carbons (Fsp3) is 0.529. The summed E-state index contributed by atoms with van der Waals surface area (Å²) in [5.41, 5.74) is 1.40. The number of nitrogens with zero attached hydrogens (tertiary/aromatic N) is 1. The Morgan fingerprint density at radius 3 is 2.78 bits per heavy atom. The van der Waals surface area contributed by atoms with Crippen molar-refractivity contribution < 1.29 is 19.1 Å². The molecule has 2 saturated carbocycles. The van der Waals surface area contributed by atoms with Crippen molar-refractivity contribution in [3.8, 4) is 11.5 Å². The van der Waals surface area contributed by atoms with E-state index in [1.54, 1.807) is 0 Å². The SMILES string of the molecule is O=C1CNC(=O)N1C1CC(Oc2cccc3c2C2(CC2)CO3)C1. The van der Waals surface area contributed by atoms with Crippen molar-refractivity contribution >= 4 is 11.9 Å². The third kappa shape index (κ3) is 1.87. The summed E-state index contributed by atoms with van der Waals surface area (Å²) in [6.07, 6.45) is 3.80. The maximum atomic E-state index is 11.7. The van der Waals surface area contributed by atoms with Crippen molar-refractivity contribution in [2.45, 2.75) is 43.2 Å². The molecule has 6 nitrogen and oxygen atoms in total. The fourth-order valence-corrected chi connectivity index (χ4v) is 3.91. The molecule has 1 spiro atoms. The minimum Gasteiger partial charge on any atom is -0.492 e. The number of nitrogens with one attached hydrogen (secondary N) is 1. The van der Waals surface area contributed by atoms with Gasteiger partial charge in [-0.3, -0.25) is 9.69 Å². The number of hydrogen-bond acceptors (Lipinski definition) is 4. The van der Waals surface area contributed by atoms with Crippen molar-refractivity contribution in [3.63, 3.8) is 0 Å². The van der Waals surface area contributed by atoms with E-state index in [0.717, 1.165) is 30.9 Å². The van der Waals surface area contributed by atoms with E-state index in [4.69, 9.17) is 9.47 Å². The summed E-state index contributed by atoms with van der Waals surface area (Å²) in [7, 11) is 0. The second kappa shape index (κ2) is 4.40. The summed E-state index contributed by atoms with van der Waals surface area (Å²) in [6, 6.07) is 5.67. The monoisotopic (exact) mass is 314 g/mol.